The predicted molar refractivity (Wildman–Crippen MR) is 66.0 cm³/mol. The summed E-state index contributed by atoms with van der Waals surface area (Å²) in [7, 11) is 1.67. The zero-order chi connectivity index (χ0) is 12.4. The van der Waals surface area contributed by atoms with Crippen molar-refractivity contribution in [3.8, 4) is 0 Å². The van der Waals surface area contributed by atoms with E-state index in [9.17, 15) is 9.59 Å². The second-order valence-corrected chi connectivity index (χ2v) is 4.42. The van der Waals surface area contributed by atoms with Gasteiger partial charge in [-0.15, -0.1) is 0 Å². The van der Waals surface area contributed by atoms with Gasteiger partial charge in [-0.25, -0.2) is 0 Å². The van der Waals surface area contributed by atoms with E-state index in [2.05, 4.69) is 13.0 Å². The van der Waals surface area contributed by atoms with Gasteiger partial charge in [-0.3, -0.25) is 9.59 Å². The van der Waals surface area contributed by atoms with Gasteiger partial charge in [0.1, 0.15) is 0 Å². The van der Waals surface area contributed by atoms with Crippen LogP contribution in [0.5, 0.6) is 0 Å². The van der Waals surface area contributed by atoms with Gasteiger partial charge in [0, 0.05) is 38.0 Å². The van der Waals surface area contributed by atoms with E-state index < -0.39 is 0 Å². The molecule has 1 amide bonds. The van der Waals surface area contributed by atoms with Crippen LogP contribution in [0, 0.1) is 0 Å². The van der Waals surface area contributed by atoms with Crippen LogP contribution in [0.3, 0.4) is 0 Å². The van der Waals surface area contributed by atoms with E-state index >= 15 is 0 Å². The number of hydrogen-bond donors (Lipinski definition) is 0. The Morgan fingerprint density at radius 3 is 2.76 bits per heavy atom. The zero-order valence-corrected chi connectivity index (χ0v) is 10.1. The highest BCUT2D eigenvalue weighted by Gasteiger charge is 2.17. The first-order chi connectivity index (χ1) is 8.08. The van der Waals surface area contributed by atoms with Crippen LogP contribution in [-0.4, -0.2) is 28.5 Å². The number of aromatic nitrogens is 1. The molecule has 2 rings (SSSR count). The van der Waals surface area contributed by atoms with Crippen LogP contribution in [0.25, 0.3) is 0 Å². The molecule has 4 heteroatoms. The lowest BCUT2D eigenvalue weighted by Gasteiger charge is -2.25. The van der Waals surface area contributed by atoms with Gasteiger partial charge < -0.3 is 9.47 Å². The third-order valence-electron chi connectivity index (χ3n) is 3.07. The number of carbonyl (C=O) groups excluding carboxylic acids is 1. The monoisotopic (exact) mass is 232 g/mol. The fraction of sp³-hybridized carbons (Fsp3) is 0.385. The first-order valence-corrected chi connectivity index (χ1v) is 5.69. The topological polar surface area (TPSA) is 42.3 Å². The molecule has 0 saturated carbocycles. The molecule has 0 unspecified atom stereocenters. The van der Waals surface area contributed by atoms with Crippen LogP contribution in [-0.2, 0) is 7.05 Å². The van der Waals surface area contributed by atoms with Gasteiger partial charge in [-0.1, -0.05) is 11.6 Å². The summed E-state index contributed by atoms with van der Waals surface area (Å²) in [5, 5.41) is 0. The van der Waals surface area contributed by atoms with Crippen molar-refractivity contribution in [2.45, 2.75) is 13.3 Å². The van der Waals surface area contributed by atoms with Crippen LogP contribution >= 0.6 is 0 Å². The molecule has 1 aromatic heterocycles. The minimum Gasteiger partial charge on any atom is -0.335 e. The summed E-state index contributed by atoms with van der Waals surface area (Å²) in [6.07, 6.45) is 4.60. The van der Waals surface area contributed by atoms with Crippen molar-refractivity contribution >= 4 is 5.91 Å². The number of pyridine rings is 1. The molecule has 0 aliphatic carbocycles. The lowest BCUT2D eigenvalue weighted by Crippen LogP contribution is -2.35. The van der Waals surface area contributed by atoms with E-state index in [4.69, 9.17) is 0 Å². The summed E-state index contributed by atoms with van der Waals surface area (Å²) in [6.45, 7) is 3.44. The van der Waals surface area contributed by atoms with Crippen molar-refractivity contribution in [1.29, 1.82) is 0 Å². The maximum atomic E-state index is 12.1. The maximum Gasteiger partial charge on any atom is 0.254 e. The minimum atomic E-state index is -0.153. The van der Waals surface area contributed by atoms with Gasteiger partial charge in [0.15, 0.2) is 0 Å². The molecule has 0 fully saturated rings. The van der Waals surface area contributed by atoms with Crippen molar-refractivity contribution in [2.75, 3.05) is 13.1 Å². The van der Waals surface area contributed by atoms with Gasteiger partial charge in [-0.2, -0.15) is 0 Å². The summed E-state index contributed by atoms with van der Waals surface area (Å²) >= 11 is 0. The molecule has 0 bridgehead atoms. The van der Waals surface area contributed by atoms with Gasteiger partial charge in [-0.05, 0) is 19.4 Å². The molecule has 0 saturated heterocycles. The molecule has 0 N–H and O–H groups in total. The third-order valence-corrected chi connectivity index (χ3v) is 3.07. The largest absolute Gasteiger partial charge is 0.335 e. The highest BCUT2D eigenvalue weighted by molar-refractivity contribution is 5.94. The Hall–Kier alpha value is -1.84. The molecule has 90 valence electrons. The Balaban J connectivity index is 2.20. The molecular weight excluding hydrogens is 216 g/mol. The fourth-order valence-electron chi connectivity index (χ4n) is 1.82. The smallest absolute Gasteiger partial charge is 0.254 e. The summed E-state index contributed by atoms with van der Waals surface area (Å²) in [4.78, 5) is 25.3. The molecule has 1 aliphatic heterocycles. The summed E-state index contributed by atoms with van der Waals surface area (Å²) in [6, 6.07) is 3.09. The Morgan fingerprint density at radius 2 is 2.18 bits per heavy atom. The minimum absolute atomic E-state index is 0.0635. The number of hydrogen-bond acceptors (Lipinski definition) is 2. The van der Waals surface area contributed by atoms with Crippen LogP contribution in [0.1, 0.15) is 23.7 Å². The van der Waals surface area contributed by atoms with Crippen molar-refractivity contribution in [3.05, 3.63) is 45.9 Å². The van der Waals surface area contributed by atoms with Gasteiger partial charge >= 0.3 is 0 Å². The zero-order valence-electron chi connectivity index (χ0n) is 10.1. The highest BCUT2D eigenvalue weighted by atomic mass is 16.2. The van der Waals surface area contributed by atoms with Crippen LogP contribution in [0.15, 0.2) is 34.8 Å². The molecule has 0 atom stereocenters. The number of rotatable bonds is 1. The SMILES string of the molecule is CC1=CCN(C(=O)c2ccn(C)c(=O)c2)CC1. The molecular formula is C13H16N2O2. The van der Waals surface area contributed by atoms with Crippen LogP contribution in [0.2, 0.25) is 0 Å². The van der Waals surface area contributed by atoms with Crippen LogP contribution < -0.4 is 5.56 Å². The molecule has 4 nitrogen and oxygen atoms in total. The third kappa shape index (κ3) is 2.46. The predicted octanol–water partition coefficient (Wildman–Crippen LogP) is 1.18. The van der Waals surface area contributed by atoms with Crippen molar-refractivity contribution in [1.82, 2.24) is 9.47 Å². The molecule has 0 aromatic carbocycles. The van der Waals surface area contributed by atoms with Gasteiger partial charge in [0.25, 0.3) is 11.5 Å². The van der Waals surface area contributed by atoms with Crippen molar-refractivity contribution in [3.63, 3.8) is 0 Å². The second kappa shape index (κ2) is 4.57. The molecule has 1 aromatic rings. The highest BCUT2D eigenvalue weighted by Crippen LogP contribution is 2.12. The first kappa shape index (κ1) is 11.6. The fourth-order valence-corrected chi connectivity index (χ4v) is 1.82. The molecule has 2 heterocycles. The van der Waals surface area contributed by atoms with E-state index in [-0.39, 0.29) is 11.5 Å². The standard InChI is InChI=1S/C13H16N2O2/c1-10-3-7-15(8-4-10)13(17)11-5-6-14(2)12(16)9-11/h3,5-6,9H,4,7-8H2,1-2H3. The maximum absolute atomic E-state index is 12.1. The Kier molecular flexibility index (Phi) is 3.13. The average molecular weight is 232 g/mol. The Morgan fingerprint density at radius 1 is 1.41 bits per heavy atom. The molecule has 1 aliphatic rings. The number of amides is 1. The van der Waals surface area contributed by atoms with E-state index in [0.717, 1.165) is 13.0 Å². The normalized spacial score (nSPS) is 15.6. The number of carbonyl (C=O) groups is 1. The summed E-state index contributed by atoms with van der Waals surface area (Å²) in [5.41, 5.74) is 1.64. The number of aryl methyl sites for hydroxylation is 1. The summed E-state index contributed by atoms with van der Waals surface area (Å²) < 4.78 is 1.46. The lowest BCUT2D eigenvalue weighted by atomic mass is 10.1. The molecule has 0 spiro atoms. The van der Waals surface area contributed by atoms with Crippen molar-refractivity contribution < 1.29 is 4.79 Å². The van der Waals surface area contributed by atoms with E-state index in [0.29, 0.717) is 12.1 Å². The molecule has 0 radical (unpaired) electrons. The molecule has 17 heavy (non-hydrogen) atoms. The quantitative estimate of drug-likeness (QED) is 0.682. The van der Waals surface area contributed by atoms with E-state index in [1.807, 2.05) is 0 Å². The van der Waals surface area contributed by atoms with Gasteiger partial charge in [0.05, 0.1) is 0 Å². The lowest BCUT2D eigenvalue weighted by molar-refractivity contribution is 0.0768. The van der Waals surface area contributed by atoms with E-state index in [1.54, 1.807) is 24.2 Å². The summed E-state index contributed by atoms with van der Waals surface area (Å²) in [5.74, 6) is -0.0635. The number of nitrogens with zero attached hydrogens (tertiary/aromatic N) is 2. The van der Waals surface area contributed by atoms with E-state index in [1.165, 1.54) is 16.2 Å². The Bertz CT molecular complexity index is 528. The average Bonchev–Trinajstić information content (AvgIpc) is 2.33. The van der Waals surface area contributed by atoms with Gasteiger partial charge in [0.2, 0.25) is 0 Å². The second-order valence-electron chi connectivity index (χ2n) is 4.42. The van der Waals surface area contributed by atoms with Crippen molar-refractivity contribution in [2.24, 2.45) is 7.05 Å². The van der Waals surface area contributed by atoms with Crippen LogP contribution in [0.4, 0.5) is 0 Å². The Labute approximate surface area is 100 Å². The first-order valence-electron chi connectivity index (χ1n) is 5.69.